The Kier molecular flexibility index (Phi) is 5.21. The summed E-state index contributed by atoms with van der Waals surface area (Å²) in [5.74, 6) is 0.348. The first kappa shape index (κ1) is 22.0. The second kappa shape index (κ2) is 8.30. The molecule has 2 aromatic carbocycles. The number of benzene rings is 2. The Morgan fingerprint density at radius 1 is 1.00 bits per heavy atom. The fourth-order valence-corrected chi connectivity index (χ4v) is 6.59. The van der Waals surface area contributed by atoms with E-state index in [-0.39, 0.29) is 23.5 Å². The van der Waals surface area contributed by atoms with Crippen molar-refractivity contribution in [2.75, 3.05) is 16.8 Å². The van der Waals surface area contributed by atoms with Gasteiger partial charge in [0.25, 0.3) is 5.91 Å². The van der Waals surface area contributed by atoms with Crippen molar-refractivity contribution in [2.45, 2.75) is 38.1 Å². The fourth-order valence-electron chi connectivity index (χ4n) is 4.90. The van der Waals surface area contributed by atoms with E-state index in [1.165, 1.54) is 0 Å². The maximum absolute atomic E-state index is 13.5. The van der Waals surface area contributed by atoms with E-state index in [2.05, 4.69) is 22.5 Å². The normalized spacial score (nSPS) is 19.2. The number of anilines is 1. The minimum atomic E-state index is -3.08. The van der Waals surface area contributed by atoms with Gasteiger partial charge in [0.2, 0.25) is 0 Å². The van der Waals surface area contributed by atoms with Gasteiger partial charge in [-0.1, -0.05) is 42.5 Å². The molecule has 1 saturated carbocycles. The van der Waals surface area contributed by atoms with Gasteiger partial charge >= 0.3 is 0 Å². The molecule has 2 aliphatic rings. The van der Waals surface area contributed by atoms with Crippen LogP contribution >= 0.6 is 0 Å². The van der Waals surface area contributed by atoms with E-state index in [0.29, 0.717) is 40.3 Å². The molecule has 2 aromatic heterocycles. The molecule has 1 amide bonds. The zero-order valence-corrected chi connectivity index (χ0v) is 20.3. The largest absolute Gasteiger partial charge is 0.322 e. The molecule has 1 atom stereocenters. The summed E-state index contributed by atoms with van der Waals surface area (Å²) in [6.07, 6.45) is 2.61. The standard InChI is InChI=1S/C27H26N4O3S/c1-17-25-23(27(32)28-21-11-9-19(10-12-21)18-5-3-2-4-6-18)15-24(20-7-8-20)29-26(25)31(30-17)22-13-14-35(33,34)16-22/h2-6,9-12,15,20,22H,7-8,13-14,16H2,1H3,(H,28,32). The quantitative estimate of drug-likeness (QED) is 0.433. The molecule has 4 aromatic rings. The van der Waals surface area contributed by atoms with E-state index in [1.807, 2.05) is 55.5 Å². The highest BCUT2D eigenvalue weighted by Gasteiger charge is 2.34. The van der Waals surface area contributed by atoms with E-state index in [4.69, 9.17) is 4.98 Å². The van der Waals surface area contributed by atoms with Gasteiger partial charge in [-0.2, -0.15) is 5.10 Å². The van der Waals surface area contributed by atoms with Crippen molar-refractivity contribution in [1.29, 1.82) is 0 Å². The molecule has 8 heteroatoms. The minimum Gasteiger partial charge on any atom is -0.322 e. The van der Waals surface area contributed by atoms with Gasteiger partial charge in [0, 0.05) is 17.3 Å². The molecular formula is C27H26N4O3S. The summed E-state index contributed by atoms with van der Waals surface area (Å²) >= 11 is 0. The number of amides is 1. The summed E-state index contributed by atoms with van der Waals surface area (Å²) in [6.45, 7) is 1.85. The number of nitrogens with one attached hydrogen (secondary N) is 1. The third-order valence-electron chi connectivity index (χ3n) is 6.90. The van der Waals surface area contributed by atoms with Crippen molar-refractivity contribution >= 4 is 32.5 Å². The number of hydrogen-bond acceptors (Lipinski definition) is 5. The van der Waals surface area contributed by atoms with E-state index in [0.717, 1.165) is 29.7 Å². The van der Waals surface area contributed by atoms with E-state index >= 15 is 0 Å². The maximum atomic E-state index is 13.5. The van der Waals surface area contributed by atoms with E-state index < -0.39 is 9.84 Å². The lowest BCUT2D eigenvalue weighted by molar-refractivity contribution is 0.102. The molecule has 35 heavy (non-hydrogen) atoms. The van der Waals surface area contributed by atoms with Crippen LogP contribution in [0.4, 0.5) is 5.69 Å². The number of carbonyl (C=O) groups is 1. The zero-order valence-electron chi connectivity index (χ0n) is 19.4. The Bertz CT molecular complexity index is 1540. The number of aromatic nitrogens is 3. The van der Waals surface area contributed by atoms with E-state index in [1.54, 1.807) is 4.68 Å². The fraction of sp³-hybridized carbons (Fsp3) is 0.296. The van der Waals surface area contributed by atoms with Gasteiger partial charge < -0.3 is 5.32 Å². The topological polar surface area (TPSA) is 93.9 Å². The molecule has 1 aliphatic carbocycles. The molecule has 0 bridgehead atoms. The predicted molar refractivity (Wildman–Crippen MR) is 136 cm³/mol. The maximum Gasteiger partial charge on any atom is 0.256 e. The van der Waals surface area contributed by atoms with Gasteiger partial charge in [-0.25, -0.2) is 18.1 Å². The highest BCUT2D eigenvalue weighted by Crippen LogP contribution is 2.41. The first-order valence-corrected chi connectivity index (χ1v) is 13.8. The van der Waals surface area contributed by atoms with Crippen LogP contribution in [0.2, 0.25) is 0 Å². The average Bonchev–Trinajstić information content (AvgIpc) is 3.58. The van der Waals surface area contributed by atoms with Crippen LogP contribution in [0.5, 0.6) is 0 Å². The zero-order chi connectivity index (χ0) is 24.2. The molecule has 1 saturated heterocycles. The molecule has 1 aliphatic heterocycles. The molecule has 178 valence electrons. The molecule has 0 radical (unpaired) electrons. The number of aryl methyl sites for hydroxylation is 1. The lowest BCUT2D eigenvalue weighted by Crippen LogP contribution is -2.15. The number of pyridine rings is 1. The highest BCUT2D eigenvalue weighted by atomic mass is 32.2. The molecule has 7 nitrogen and oxygen atoms in total. The SMILES string of the molecule is Cc1nn(C2CCS(=O)(=O)C2)c2nc(C3CC3)cc(C(=O)Nc3ccc(-c4ccccc4)cc3)c12. The highest BCUT2D eigenvalue weighted by molar-refractivity contribution is 7.91. The number of rotatable bonds is 5. The molecule has 6 rings (SSSR count). The number of fused-ring (bicyclic) bond motifs is 1. The van der Waals surface area contributed by atoms with Gasteiger partial charge in [-0.3, -0.25) is 4.79 Å². The van der Waals surface area contributed by atoms with Gasteiger partial charge in [0.05, 0.1) is 34.2 Å². The Morgan fingerprint density at radius 2 is 1.71 bits per heavy atom. The first-order valence-electron chi connectivity index (χ1n) is 11.9. The van der Waals surface area contributed by atoms with Crippen LogP contribution in [0.25, 0.3) is 22.2 Å². The number of carbonyl (C=O) groups excluding carboxylic acids is 1. The number of hydrogen-bond donors (Lipinski definition) is 1. The van der Waals surface area contributed by atoms with Gasteiger partial charge in [0.1, 0.15) is 0 Å². The number of nitrogens with zero attached hydrogens (tertiary/aromatic N) is 3. The van der Waals surface area contributed by atoms with Crippen LogP contribution in [-0.2, 0) is 9.84 Å². The van der Waals surface area contributed by atoms with Crippen LogP contribution in [0.1, 0.15) is 53.0 Å². The summed E-state index contributed by atoms with van der Waals surface area (Å²) in [6, 6.07) is 19.5. The van der Waals surface area contributed by atoms with Gasteiger partial charge in [-0.05, 0) is 55.5 Å². The van der Waals surface area contributed by atoms with Gasteiger partial charge in [0.15, 0.2) is 15.5 Å². The van der Waals surface area contributed by atoms with Gasteiger partial charge in [-0.15, -0.1) is 0 Å². The third-order valence-corrected chi connectivity index (χ3v) is 8.65. The molecular weight excluding hydrogens is 460 g/mol. The van der Waals surface area contributed by atoms with Crippen LogP contribution in [0, 0.1) is 6.92 Å². The Hall–Kier alpha value is -3.52. The molecule has 3 heterocycles. The lowest BCUT2D eigenvalue weighted by Gasteiger charge is -2.12. The predicted octanol–water partition coefficient (Wildman–Crippen LogP) is 4.90. The first-order chi connectivity index (χ1) is 16.9. The molecule has 2 fully saturated rings. The van der Waals surface area contributed by atoms with Crippen LogP contribution in [0.3, 0.4) is 0 Å². The summed E-state index contributed by atoms with van der Waals surface area (Å²) in [4.78, 5) is 18.4. The van der Waals surface area contributed by atoms with Crippen molar-refractivity contribution in [3.63, 3.8) is 0 Å². The summed E-state index contributed by atoms with van der Waals surface area (Å²) in [5.41, 5.74) is 5.61. The summed E-state index contributed by atoms with van der Waals surface area (Å²) in [7, 11) is -3.08. The van der Waals surface area contributed by atoms with Crippen molar-refractivity contribution < 1.29 is 13.2 Å². The van der Waals surface area contributed by atoms with Crippen LogP contribution in [-0.4, -0.2) is 40.6 Å². The monoisotopic (exact) mass is 486 g/mol. The second-order valence-corrected chi connectivity index (χ2v) is 11.8. The molecule has 1 unspecified atom stereocenters. The summed E-state index contributed by atoms with van der Waals surface area (Å²) in [5, 5.41) is 8.39. The van der Waals surface area contributed by atoms with E-state index in [9.17, 15) is 13.2 Å². The van der Waals surface area contributed by atoms with Crippen LogP contribution in [0.15, 0.2) is 60.7 Å². The Morgan fingerprint density at radius 3 is 2.37 bits per heavy atom. The summed E-state index contributed by atoms with van der Waals surface area (Å²) < 4.78 is 26.0. The van der Waals surface area contributed by atoms with Crippen molar-refractivity contribution in [1.82, 2.24) is 14.8 Å². The van der Waals surface area contributed by atoms with Crippen LogP contribution < -0.4 is 5.32 Å². The molecule has 0 spiro atoms. The molecule has 1 N–H and O–H groups in total. The average molecular weight is 487 g/mol. The second-order valence-electron chi connectivity index (χ2n) is 9.55. The van der Waals surface area contributed by atoms with Crippen molar-refractivity contribution in [2.24, 2.45) is 0 Å². The van der Waals surface area contributed by atoms with Crippen molar-refractivity contribution in [3.8, 4) is 11.1 Å². The number of sulfone groups is 1. The minimum absolute atomic E-state index is 0.0633. The third kappa shape index (κ3) is 4.23. The lowest BCUT2D eigenvalue weighted by atomic mass is 10.0. The Labute approximate surface area is 204 Å². The van der Waals surface area contributed by atoms with Crippen molar-refractivity contribution in [3.05, 3.63) is 77.6 Å². The smallest absolute Gasteiger partial charge is 0.256 e. The Balaban J connectivity index is 1.35.